The van der Waals surface area contributed by atoms with Crippen LogP contribution < -0.4 is 9.64 Å². The third-order valence-corrected chi connectivity index (χ3v) is 7.21. The van der Waals surface area contributed by atoms with Gasteiger partial charge in [0.15, 0.2) is 5.76 Å². The maximum absolute atomic E-state index is 13.6. The Morgan fingerprint density at radius 3 is 2.09 bits per heavy atom. The lowest BCUT2D eigenvalue weighted by molar-refractivity contribution is -0.117. The van der Waals surface area contributed by atoms with Crippen LogP contribution >= 0.6 is 0 Å². The number of carbonyl (C=O) groups excluding carboxylic acids is 1. The van der Waals surface area contributed by atoms with Crippen molar-refractivity contribution < 1.29 is 27.4 Å². The molecule has 1 atom stereocenters. The summed E-state index contributed by atoms with van der Waals surface area (Å²) in [4.78, 5) is 13.8. The number of halogens is 1. The number of hydrogen-bond acceptors (Lipinski definition) is 5. The number of amides is 1. The van der Waals surface area contributed by atoms with Crippen LogP contribution in [0, 0.1) is 12.7 Å². The molecule has 0 saturated heterocycles. The lowest BCUT2D eigenvalue weighted by Crippen LogP contribution is -2.31. The van der Waals surface area contributed by atoms with Crippen LogP contribution in [0.5, 0.6) is 5.75 Å². The molecular formula is C24H20FNO5S. The number of aryl methyl sites for hydroxylation is 1. The molecule has 4 rings (SSSR count). The van der Waals surface area contributed by atoms with Gasteiger partial charge in [0.1, 0.15) is 22.5 Å². The average Bonchev–Trinajstić information content (AvgIpc) is 3.06. The molecule has 3 aromatic rings. The zero-order chi connectivity index (χ0) is 23.0. The zero-order valence-corrected chi connectivity index (χ0v) is 18.1. The van der Waals surface area contributed by atoms with Crippen molar-refractivity contribution in [2.45, 2.75) is 17.9 Å². The minimum atomic E-state index is -4.24. The van der Waals surface area contributed by atoms with Gasteiger partial charge < -0.3 is 9.84 Å². The number of rotatable bonds is 5. The number of aliphatic hydroxyl groups is 1. The van der Waals surface area contributed by atoms with E-state index < -0.39 is 38.3 Å². The van der Waals surface area contributed by atoms with Gasteiger partial charge in [-0.15, -0.1) is 0 Å². The van der Waals surface area contributed by atoms with Crippen molar-refractivity contribution in [3.63, 3.8) is 0 Å². The third-order valence-electron chi connectivity index (χ3n) is 5.32. The summed E-state index contributed by atoms with van der Waals surface area (Å²) in [5.41, 5.74) is 1.56. The van der Waals surface area contributed by atoms with Crippen LogP contribution in [-0.2, 0) is 14.6 Å². The molecule has 164 valence electrons. The molecule has 32 heavy (non-hydrogen) atoms. The number of ether oxygens (including phenoxy) is 1. The molecule has 1 N–H and O–H groups in total. The van der Waals surface area contributed by atoms with Crippen molar-refractivity contribution in [3.05, 3.63) is 100 Å². The van der Waals surface area contributed by atoms with E-state index in [1.165, 1.54) is 31.4 Å². The Morgan fingerprint density at radius 1 is 0.938 bits per heavy atom. The summed E-state index contributed by atoms with van der Waals surface area (Å²) >= 11 is 0. The number of anilines is 1. The monoisotopic (exact) mass is 453 g/mol. The van der Waals surface area contributed by atoms with Gasteiger partial charge in [0.2, 0.25) is 9.84 Å². The second kappa shape index (κ2) is 8.12. The highest BCUT2D eigenvalue weighted by atomic mass is 32.2. The molecule has 0 fully saturated rings. The molecule has 1 heterocycles. The fraction of sp³-hybridized carbons (Fsp3) is 0.125. The van der Waals surface area contributed by atoms with E-state index in [-0.39, 0.29) is 10.6 Å². The third kappa shape index (κ3) is 3.62. The lowest BCUT2D eigenvalue weighted by atomic mass is 10.1. The molecular weight excluding hydrogens is 433 g/mol. The first-order chi connectivity index (χ1) is 15.2. The summed E-state index contributed by atoms with van der Waals surface area (Å²) in [5.74, 6) is -1.72. The largest absolute Gasteiger partial charge is 0.502 e. The molecule has 0 radical (unpaired) electrons. The first-order valence-electron chi connectivity index (χ1n) is 9.72. The van der Waals surface area contributed by atoms with Gasteiger partial charge in [-0.1, -0.05) is 29.8 Å². The van der Waals surface area contributed by atoms with Gasteiger partial charge in [-0.25, -0.2) is 12.8 Å². The molecule has 1 amide bonds. The van der Waals surface area contributed by atoms with E-state index in [1.54, 1.807) is 36.4 Å². The van der Waals surface area contributed by atoms with Crippen LogP contribution in [0.1, 0.15) is 17.2 Å². The van der Waals surface area contributed by atoms with Gasteiger partial charge in [-0.3, -0.25) is 9.69 Å². The van der Waals surface area contributed by atoms with Crippen molar-refractivity contribution >= 4 is 21.4 Å². The highest BCUT2D eigenvalue weighted by molar-refractivity contribution is 7.95. The van der Waals surface area contributed by atoms with Crippen LogP contribution in [0.25, 0.3) is 0 Å². The van der Waals surface area contributed by atoms with Crippen molar-refractivity contribution in [1.29, 1.82) is 0 Å². The number of sulfone groups is 1. The molecule has 1 aliphatic rings. The standard InChI is InChI=1S/C24H20FNO5S/c1-15-3-13-20(14-4-15)32(29,30)23-21(16-5-11-19(31-2)12-6-16)26(24(28)22(23)27)18-9-7-17(25)8-10-18/h3-14,21,27H,1-2H3/t21-/m0/s1. The maximum Gasteiger partial charge on any atom is 0.295 e. The Hall–Kier alpha value is -3.65. The number of hydrogen-bond donors (Lipinski definition) is 1. The quantitative estimate of drug-likeness (QED) is 0.616. The summed E-state index contributed by atoms with van der Waals surface area (Å²) in [5, 5.41) is 10.7. The van der Waals surface area contributed by atoms with Gasteiger partial charge in [0.25, 0.3) is 5.91 Å². The molecule has 0 bridgehead atoms. The van der Waals surface area contributed by atoms with Crippen LogP contribution in [0.4, 0.5) is 10.1 Å². The number of carbonyl (C=O) groups is 1. The van der Waals surface area contributed by atoms with E-state index in [2.05, 4.69) is 0 Å². The topological polar surface area (TPSA) is 83.9 Å². The van der Waals surface area contributed by atoms with Crippen LogP contribution in [0.3, 0.4) is 0 Å². The summed E-state index contributed by atoms with van der Waals surface area (Å²) in [6, 6.07) is 16.6. The Balaban J connectivity index is 1.92. The van der Waals surface area contributed by atoms with Crippen molar-refractivity contribution in [1.82, 2.24) is 0 Å². The normalized spacial score (nSPS) is 16.5. The van der Waals surface area contributed by atoms with E-state index in [0.29, 0.717) is 11.3 Å². The average molecular weight is 453 g/mol. The van der Waals surface area contributed by atoms with Crippen molar-refractivity contribution in [3.8, 4) is 5.75 Å². The molecule has 0 aromatic heterocycles. The van der Waals surface area contributed by atoms with Crippen LogP contribution in [0.2, 0.25) is 0 Å². The summed E-state index contributed by atoms with van der Waals surface area (Å²) in [6.07, 6.45) is 0. The lowest BCUT2D eigenvalue weighted by Gasteiger charge is -2.27. The second-order valence-corrected chi connectivity index (χ2v) is 9.27. The molecule has 6 nitrogen and oxygen atoms in total. The number of nitrogens with zero attached hydrogens (tertiary/aromatic N) is 1. The number of methoxy groups -OCH3 is 1. The van der Waals surface area contributed by atoms with Gasteiger partial charge in [0, 0.05) is 5.69 Å². The Labute approximate surface area is 185 Å². The smallest absolute Gasteiger partial charge is 0.295 e. The first kappa shape index (κ1) is 21.6. The van der Waals surface area contributed by atoms with Crippen LogP contribution in [0.15, 0.2) is 88.4 Å². The summed E-state index contributed by atoms with van der Waals surface area (Å²) in [6.45, 7) is 1.82. The summed E-state index contributed by atoms with van der Waals surface area (Å²) in [7, 11) is -2.74. The van der Waals surface area contributed by atoms with Gasteiger partial charge in [-0.2, -0.15) is 0 Å². The van der Waals surface area contributed by atoms with Crippen molar-refractivity contribution in [2.75, 3.05) is 12.0 Å². The minimum Gasteiger partial charge on any atom is -0.502 e. The molecule has 0 unspecified atom stereocenters. The van der Waals surface area contributed by atoms with E-state index >= 15 is 0 Å². The van der Waals surface area contributed by atoms with E-state index in [9.17, 15) is 22.7 Å². The van der Waals surface area contributed by atoms with Gasteiger partial charge >= 0.3 is 0 Å². The first-order valence-corrected chi connectivity index (χ1v) is 11.2. The second-order valence-electron chi connectivity index (χ2n) is 7.36. The fourth-order valence-electron chi connectivity index (χ4n) is 3.66. The highest BCUT2D eigenvalue weighted by Gasteiger charge is 2.47. The van der Waals surface area contributed by atoms with E-state index in [1.807, 2.05) is 6.92 Å². The van der Waals surface area contributed by atoms with Crippen molar-refractivity contribution in [2.24, 2.45) is 0 Å². The maximum atomic E-state index is 13.6. The highest BCUT2D eigenvalue weighted by Crippen LogP contribution is 2.45. The van der Waals surface area contributed by atoms with E-state index in [0.717, 1.165) is 22.6 Å². The fourth-order valence-corrected chi connectivity index (χ4v) is 5.28. The Morgan fingerprint density at radius 2 is 1.53 bits per heavy atom. The van der Waals surface area contributed by atoms with E-state index in [4.69, 9.17) is 4.74 Å². The minimum absolute atomic E-state index is 0.0445. The molecule has 1 aliphatic heterocycles. The summed E-state index contributed by atoms with van der Waals surface area (Å²) < 4.78 is 45.8. The molecule has 0 saturated carbocycles. The van der Waals surface area contributed by atoms with Gasteiger partial charge in [-0.05, 0) is 61.0 Å². The Bertz CT molecular complexity index is 1300. The van der Waals surface area contributed by atoms with Gasteiger partial charge in [0.05, 0.1) is 12.0 Å². The molecule has 8 heteroatoms. The zero-order valence-electron chi connectivity index (χ0n) is 17.3. The predicted molar refractivity (Wildman–Crippen MR) is 118 cm³/mol. The number of aliphatic hydroxyl groups excluding tert-OH is 1. The molecule has 3 aromatic carbocycles. The predicted octanol–water partition coefficient (Wildman–Crippen LogP) is 4.47. The van der Waals surface area contributed by atoms with Crippen LogP contribution in [-0.4, -0.2) is 26.5 Å². The molecule has 0 spiro atoms. The SMILES string of the molecule is COc1ccc([C@H]2C(S(=O)(=O)c3ccc(C)cc3)=C(O)C(=O)N2c2ccc(F)cc2)cc1. The number of benzene rings is 3. The Kier molecular flexibility index (Phi) is 5.48. The molecule has 0 aliphatic carbocycles.